The number of rotatable bonds is 4. The van der Waals surface area contributed by atoms with Gasteiger partial charge in [-0.2, -0.15) is 0 Å². The Morgan fingerprint density at radius 2 is 1.96 bits per heavy atom. The van der Waals surface area contributed by atoms with E-state index in [1.54, 1.807) is 13.3 Å². The number of fused-ring (bicyclic) bond motifs is 1. The zero-order valence-corrected chi connectivity index (χ0v) is 13.1. The maximum absolute atomic E-state index is 11.0. The number of methoxy groups -OCH3 is 1. The molecule has 0 atom stereocenters. The average molecular weight is 306 g/mol. The van der Waals surface area contributed by atoms with Crippen LogP contribution in [0.5, 0.6) is 5.75 Å². The van der Waals surface area contributed by atoms with Crippen molar-refractivity contribution in [1.29, 1.82) is 0 Å². The number of aromatic nitrogens is 1. The zero-order valence-electron chi connectivity index (χ0n) is 13.1. The smallest absolute Gasteiger partial charge is 0.220 e. The Bertz CT molecular complexity index is 864. The lowest BCUT2D eigenvalue weighted by Crippen LogP contribution is -2.11. The van der Waals surface area contributed by atoms with Crippen LogP contribution in [0.4, 0.5) is 0 Å². The number of carbonyl (C=O) groups is 1. The van der Waals surface area contributed by atoms with Gasteiger partial charge in [0.1, 0.15) is 5.75 Å². The Morgan fingerprint density at radius 3 is 2.65 bits per heavy atom. The van der Waals surface area contributed by atoms with Crippen LogP contribution in [0.1, 0.15) is 12.5 Å². The van der Waals surface area contributed by atoms with Crippen LogP contribution in [-0.2, 0) is 4.79 Å². The van der Waals surface area contributed by atoms with Gasteiger partial charge in [-0.25, -0.2) is 0 Å². The van der Waals surface area contributed by atoms with Crippen LogP contribution in [0.15, 0.2) is 54.7 Å². The number of hydrogen-bond acceptors (Lipinski definition) is 2. The van der Waals surface area contributed by atoms with E-state index in [9.17, 15) is 4.79 Å². The van der Waals surface area contributed by atoms with Crippen molar-refractivity contribution in [2.24, 2.45) is 0 Å². The van der Waals surface area contributed by atoms with Crippen LogP contribution in [0.3, 0.4) is 0 Å². The summed E-state index contributed by atoms with van der Waals surface area (Å²) >= 11 is 0. The van der Waals surface area contributed by atoms with E-state index in [1.165, 1.54) is 6.92 Å². The molecule has 0 aliphatic carbocycles. The molecule has 0 unspecified atom stereocenters. The molecule has 116 valence electrons. The van der Waals surface area contributed by atoms with Gasteiger partial charge in [0.25, 0.3) is 0 Å². The van der Waals surface area contributed by atoms with Gasteiger partial charge >= 0.3 is 0 Å². The van der Waals surface area contributed by atoms with Gasteiger partial charge in [0.05, 0.1) is 7.11 Å². The first-order chi connectivity index (χ1) is 11.2. The van der Waals surface area contributed by atoms with Gasteiger partial charge in [0, 0.05) is 35.3 Å². The third-order valence-electron chi connectivity index (χ3n) is 3.65. The number of ether oxygens (including phenoxy) is 1. The maximum atomic E-state index is 11.0. The van der Waals surface area contributed by atoms with E-state index in [2.05, 4.69) is 28.5 Å². The van der Waals surface area contributed by atoms with Gasteiger partial charge in [0.2, 0.25) is 5.91 Å². The van der Waals surface area contributed by atoms with Crippen LogP contribution >= 0.6 is 0 Å². The van der Waals surface area contributed by atoms with E-state index in [4.69, 9.17) is 4.74 Å². The molecule has 1 aromatic heterocycles. The van der Waals surface area contributed by atoms with Crippen molar-refractivity contribution in [1.82, 2.24) is 10.3 Å². The van der Waals surface area contributed by atoms with Crippen molar-refractivity contribution in [2.75, 3.05) is 7.11 Å². The van der Waals surface area contributed by atoms with E-state index < -0.39 is 0 Å². The monoisotopic (exact) mass is 306 g/mol. The second kappa shape index (κ2) is 6.40. The van der Waals surface area contributed by atoms with E-state index in [-0.39, 0.29) is 5.91 Å². The maximum Gasteiger partial charge on any atom is 0.220 e. The number of carbonyl (C=O) groups excluding carboxylic acids is 1. The minimum absolute atomic E-state index is 0.105. The van der Waals surface area contributed by atoms with Crippen LogP contribution in [-0.4, -0.2) is 18.0 Å². The van der Waals surface area contributed by atoms with E-state index in [0.29, 0.717) is 0 Å². The molecule has 0 radical (unpaired) electrons. The Balaban J connectivity index is 2.10. The van der Waals surface area contributed by atoms with E-state index in [0.717, 1.165) is 33.5 Å². The average Bonchev–Trinajstić information content (AvgIpc) is 3.00. The molecule has 0 aliphatic heterocycles. The van der Waals surface area contributed by atoms with Gasteiger partial charge in [-0.15, -0.1) is 0 Å². The van der Waals surface area contributed by atoms with Gasteiger partial charge in [-0.05, 0) is 29.8 Å². The third kappa shape index (κ3) is 3.11. The topological polar surface area (TPSA) is 54.1 Å². The highest BCUT2D eigenvalue weighted by molar-refractivity contribution is 5.95. The zero-order chi connectivity index (χ0) is 16.2. The van der Waals surface area contributed by atoms with Crippen LogP contribution in [0.25, 0.3) is 28.2 Å². The first kappa shape index (κ1) is 14.9. The summed E-state index contributed by atoms with van der Waals surface area (Å²) in [5, 5.41) is 3.71. The summed E-state index contributed by atoms with van der Waals surface area (Å²) in [4.78, 5) is 14.5. The number of benzene rings is 2. The molecule has 1 amide bonds. The molecular formula is C19H18N2O2. The molecule has 0 fully saturated rings. The minimum atomic E-state index is -0.105. The molecule has 0 aliphatic rings. The van der Waals surface area contributed by atoms with Crippen molar-refractivity contribution >= 4 is 22.9 Å². The molecule has 0 spiro atoms. The fourth-order valence-electron chi connectivity index (χ4n) is 2.57. The molecule has 1 heterocycles. The molecule has 4 heteroatoms. The number of nitrogens with one attached hydrogen (secondary N) is 2. The Labute approximate surface area is 134 Å². The number of H-pyrrole nitrogens is 1. The predicted molar refractivity (Wildman–Crippen MR) is 93.1 cm³/mol. The van der Waals surface area contributed by atoms with Crippen molar-refractivity contribution in [3.63, 3.8) is 0 Å². The van der Waals surface area contributed by atoms with Crippen molar-refractivity contribution in [3.8, 4) is 17.0 Å². The van der Waals surface area contributed by atoms with Crippen LogP contribution in [0.2, 0.25) is 0 Å². The predicted octanol–water partition coefficient (Wildman–Crippen LogP) is 3.95. The first-order valence-electron chi connectivity index (χ1n) is 7.38. The normalized spacial score (nSPS) is 11.0. The lowest BCUT2D eigenvalue weighted by molar-refractivity contribution is -0.118. The molecular weight excluding hydrogens is 288 g/mol. The molecule has 2 aromatic carbocycles. The van der Waals surface area contributed by atoms with Crippen molar-refractivity contribution < 1.29 is 9.53 Å². The third-order valence-corrected chi connectivity index (χ3v) is 3.65. The number of amides is 1. The van der Waals surface area contributed by atoms with Crippen LogP contribution in [0, 0.1) is 0 Å². The Kier molecular flexibility index (Phi) is 4.15. The summed E-state index contributed by atoms with van der Waals surface area (Å²) in [6, 6.07) is 16.2. The lowest BCUT2D eigenvalue weighted by Gasteiger charge is -2.06. The largest absolute Gasteiger partial charge is 0.496 e. The molecule has 23 heavy (non-hydrogen) atoms. The molecule has 0 saturated heterocycles. The molecule has 2 N–H and O–H groups in total. The van der Waals surface area contributed by atoms with Crippen LogP contribution < -0.4 is 10.1 Å². The fourth-order valence-corrected chi connectivity index (χ4v) is 2.57. The highest BCUT2D eigenvalue weighted by Gasteiger charge is 2.10. The fraction of sp³-hybridized carbons (Fsp3) is 0.105. The van der Waals surface area contributed by atoms with Gasteiger partial charge in [-0.3, -0.25) is 4.79 Å². The van der Waals surface area contributed by atoms with E-state index in [1.807, 2.05) is 36.4 Å². The molecule has 0 bridgehead atoms. The molecule has 3 rings (SSSR count). The summed E-state index contributed by atoms with van der Waals surface area (Å²) in [6.07, 6.45) is 3.49. The SMILES string of the molecule is COc1ccc2[nH]c(-c3ccccc3)cc2c1/C=C/NC(C)=O. The summed E-state index contributed by atoms with van der Waals surface area (Å²) in [6.45, 7) is 1.48. The molecule has 4 nitrogen and oxygen atoms in total. The van der Waals surface area contributed by atoms with Gasteiger partial charge in [-0.1, -0.05) is 30.3 Å². The summed E-state index contributed by atoms with van der Waals surface area (Å²) < 4.78 is 5.45. The molecule has 0 saturated carbocycles. The summed E-state index contributed by atoms with van der Waals surface area (Å²) in [5.74, 6) is 0.657. The quantitative estimate of drug-likeness (QED) is 0.767. The van der Waals surface area contributed by atoms with Crippen molar-refractivity contribution in [2.45, 2.75) is 6.92 Å². The van der Waals surface area contributed by atoms with E-state index >= 15 is 0 Å². The minimum Gasteiger partial charge on any atom is -0.496 e. The van der Waals surface area contributed by atoms with Crippen molar-refractivity contribution in [3.05, 3.63) is 60.3 Å². The van der Waals surface area contributed by atoms with Gasteiger partial charge < -0.3 is 15.0 Å². The first-order valence-corrected chi connectivity index (χ1v) is 7.38. The second-order valence-corrected chi connectivity index (χ2v) is 5.23. The second-order valence-electron chi connectivity index (χ2n) is 5.23. The highest BCUT2D eigenvalue weighted by Crippen LogP contribution is 2.32. The lowest BCUT2D eigenvalue weighted by atomic mass is 10.1. The summed E-state index contributed by atoms with van der Waals surface area (Å²) in [5.41, 5.74) is 4.12. The number of aromatic amines is 1. The number of hydrogen-bond donors (Lipinski definition) is 2. The Hall–Kier alpha value is -3.01. The summed E-state index contributed by atoms with van der Waals surface area (Å²) in [7, 11) is 1.64. The molecule has 3 aromatic rings. The van der Waals surface area contributed by atoms with Gasteiger partial charge in [0.15, 0.2) is 0 Å². The highest BCUT2D eigenvalue weighted by atomic mass is 16.5. The standard InChI is InChI=1S/C19H18N2O2/c1-13(22)20-11-10-15-16-12-18(14-6-4-3-5-7-14)21-17(16)8-9-19(15)23-2/h3-12,21H,1-2H3,(H,20,22)/b11-10+. The Morgan fingerprint density at radius 1 is 1.17 bits per heavy atom.